The van der Waals surface area contributed by atoms with Crippen LogP contribution in [0.15, 0.2) is 36.4 Å². The van der Waals surface area contributed by atoms with Gasteiger partial charge in [-0.05, 0) is 36.1 Å². The van der Waals surface area contributed by atoms with Gasteiger partial charge >= 0.3 is 0 Å². The molecule has 2 aromatic carbocycles. The fourth-order valence-electron chi connectivity index (χ4n) is 2.41. The van der Waals surface area contributed by atoms with Crippen molar-refractivity contribution < 1.29 is 19.0 Å². The Kier molecular flexibility index (Phi) is 6.24. The van der Waals surface area contributed by atoms with E-state index in [2.05, 4.69) is 13.8 Å². The first-order valence-corrected chi connectivity index (χ1v) is 8.17. The van der Waals surface area contributed by atoms with Crippen molar-refractivity contribution in [3.8, 4) is 23.0 Å². The fraction of sp³-hybridized carbons (Fsp3) is 0.350. The molecule has 4 heteroatoms. The highest BCUT2D eigenvalue weighted by atomic mass is 16.5. The lowest BCUT2D eigenvalue weighted by atomic mass is 10.0. The molecule has 0 N–H and O–H groups in total. The predicted octanol–water partition coefficient (Wildman–Crippen LogP) is 5.21. The second-order valence-electron chi connectivity index (χ2n) is 5.81. The molecule has 0 fully saturated rings. The molecule has 0 aliphatic rings. The van der Waals surface area contributed by atoms with Gasteiger partial charge in [0.15, 0.2) is 11.5 Å². The third kappa shape index (κ3) is 4.07. The number of carbonyl (C=O) groups is 1. The van der Waals surface area contributed by atoms with E-state index in [0.717, 1.165) is 24.0 Å². The molecule has 4 nitrogen and oxygen atoms in total. The summed E-state index contributed by atoms with van der Waals surface area (Å²) >= 11 is 0. The lowest BCUT2D eigenvalue weighted by molar-refractivity contribution is 0.112. The van der Waals surface area contributed by atoms with Crippen LogP contribution in [0.2, 0.25) is 0 Å². The third-order valence-corrected chi connectivity index (χ3v) is 3.61. The molecule has 0 spiro atoms. The van der Waals surface area contributed by atoms with Gasteiger partial charge in [0, 0.05) is 5.56 Å². The van der Waals surface area contributed by atoms with Gasteiger partial charge in [0.25, 0.3) is 0 Å². The number of benzene rings is 2. The molecule has 0 saturated heterocycles. The van der Waals surface area contributed by atoms with E-state index in [1.165, 1.54) is 0 Å². The molecule has 0 saturated carbocycles. The van der Waals surface area contributed by atoms with Crippen LogP contribution in [0.4, 0.5) is 0 Å². The molecular weight excluding hydrogens is 304 g/mol. The van der Waals surface area contributed by atoms with Crippen molar-refractivity contribution >= 4 is 6.29 Å². The van der Waals surface area contributed by atoms with Gasteiger partial charge in [-0.25, -0.2) is 0 Å². The van der Waals surface area contributed by atoms with E-state index in [1.54, 1.807) is 19.2 Å². The van der Waals surface area contributed by atoms with Gasteiger partial charge in [-0.1, -0.05) is 39.0 Å². The summed E-state index contributed by atoms with van der Waals surface area (Å²) in [5.74, 6) is 2.56. The summed E-state index contributed by atoms with van der Waals surface area (Å²) in [6.45, 7) is 6.79. The standard InChI is InChI=1S/C20H24O4/c1-5-10-23-20-18(22-4)11-15(13-21)12-19(20)24-17-9-7-6-8-16(17)14(2)3/h6-9,11-14H,5,10H2,1-4H3. The van der Waals surface area contributed by atoms with Crippen molar-refractivity contribution in [3.63, 3.8) is 0 Å². The summed E-state index contributed by atoms with van der Waals surface area (Å²) in [4.78, 5) is 11.2. The van der Waals surface area contributed by atoms with E-state index in [-0.39, 0.29) is 0 Å². The molecule has 0 aliphatic heterocycles. The second kappa shape index (κ2) is 8.39. The number of aldehydes is 1. The molecule has 24 heavy (non-hydrogen) atoms. The number of para-hydroxylation sites is 1. The zero-order valence-corrected chi connectivity index (χ0v) is 14.7. The fourth-order valence-corrected chi connectivity index (χ4v) is 2.41. The van der Waals surface area contributed by atoms with Crippen LogP contribution >= 0.6 is 0 Å². The molecule has 0 aliphatic carbocycles. The Morgan fingerprint density at radius 2 is 1.79 bits per heavy atom. The maximum absolute atomic E-state index is 11.2. The van der Waals surface area contributed by atoms with E-state index >= 15 is 0 Å². The van der Waals surface area contributed by atoms with Gasteiger partial charge in [0.2, 0.25) is 5.75 Å². The molecule has 2 aromatic rings. The Bertz CT molecular complexity index is 692. The second-order valence-corrected chi connectivity index (χ2v) is 5.81. The van der Waals surface area contributed by atoms with E-state index < -0.39 is 0 Å². The van der Waals surface area contributed by atoms with Crippen LogP contribution in [0.3, 0.4) is 0 Å². The predicted molar refractivity (Wildman–Crippen MR) is 94.8 cm³/mol. The van der Waals surface area contributed by atoms with Crippen LogP contribution in [0.5, 0.6) is 23.0 Å². The maximum atomic E-state index is 11.2. The molecule has 0 heterocycles. The molecule has 0 amide bonds. The number of hydrogen-bond acceptors (Lipinski definition) is 4. The minimum Gasteiger partial charge on any atom is -0.493 e. The lowest BCUT2D eigenvalue weighted by Crippen LogP contribution is -2.02. The van der Waals surface area contributed by atoms with Crippen LogP contribution < -0.4 is 14.2 Å². The van der Waals surface area contributed by atoms with Gasteiger partial charge in [0.1, 0.15) is 12.0 Å². The average molecular weight is 328 g/mol. The Morgan fingerprint density at radius 3 is 2.42 bits per heavy atom. The summed E-state index contributed by atoms with van der Waals surface area (Å²) in [6, 6.07) is 11.2. The molecular formula is C20H24O4. The SMILES string of the molecule is CCCOc1c(OC)cc(C=O)cc1Oc1ccccc1C(C)C. The first kappa shape index (κ1) is 17.9. The van der Waals surface area contributed by atoms with Crippen molar-refractivity contribution in [2.24, 2.45) is 0 Å². The molecule has 0 unspecified atom stereocenters. The molecule has 128 valence electrons. The molecule has 0 bridgehead atoms. The van der Waals surface area contributed by atoms with Gasteiger partial charge in [-0.3, -0.25) is 4.79 Å². The zero-order valence-electron chi connectivity index (χ0n) is 14.7. The quantitative estimate of drug-likeness (QED) is 0.624. The largest absolute Gasteiger partial charge is 0.493 e. The highest BCUT2D eigenvalue weighted by Crippen LogP contribution is 2.42. The Balaban J connectivity index is 2.49. The monoisotopic (exact) mass is 328 g/mol. The summed E-state index contributed by atoms with van der Waals surface area (Å²) in [5.41, 5.74) is 1.57. The van der Waals surface area contributed by atoms with Crippen molar-refractivity contribution in [3.05, 3.63) is 47.5 Å². The van der Waals surface area contributed by atoms with Gasteiger partial charge < -0.3 is 14.2 Å². The molecule has 2 rings (SSSR count). The number of ether oxygens (including phenoxy) is 3. The highest BCUT2D eigenvalue weighted by molar-refractivity contribution is 5.78. The van der Waals surface area contributed by atoms with Crippen molar-refractivity contribution in [1.82, 2.24) is 0 Å². The molecule has 0 aromatic heterocycles. The highest BCUT2D eigenvalue weighted by Gasteiger charge is 2.17. The number of hydrogen-bond donors (Lipinski definition) is 0. The minimum atomic E-state index is 0.317. The molecule has 0 radical (unpaired) electrons. The van der Waals surface area contributed by atoms with E-state index in [9.17, 15) is 4.79 Å². The number of carbonyl (C=O) groups excluding carboxylic acids is 1. The number of methoxy groups -OCH3 is 1. The third-order valence-electron chi connectivity index (χ3n) is 3.61. The maximum Gasteiger partial charge on any atom is 0.204 e. The first-order valence-electron chi connectivity index (χ1n) is 8.17. The Labute approximate surface area is 143 Å². The Morgan fingerprint density at radius 1 is 1.08 bits per heavy atom. The van der Waals surface area contributed by atoms with Crippen LogP contribution in [-0.4, -0.2) is 20.0 Å². The van der Waals surface area contributed by atoms with Gasteiger partial charge in [-0.2, -0.15) is 0 Å². The average Bonchev–Trinajstić information content (AvgIpc) is 2.60. The number of rotatable bonds is 8. The summed E-state index contributed by atoms with van der Waals surface area (Å²) in [6.07, 6.45) is 1.63. The summed E-state index contributed by atoms with van der Waals surface area (Å²) in [5, 5.41) is 0. The summed E-state index contributed by atoms with van der Waals surface area (Å²) in [7, 11) is 1.55. The van der Waals surface area contributed by atoms with Crippen molar-refractivity contribution in [2.75, 3.05) is 13.7 Å². The lowest BCUT2D eigenvalue weighted by Gasteiger charge is -2.18. The smallest absolute Gasteiger partial charge is 0.204 e. The van der Waals surface area contributed by atoms with E-state index in [4.69, 9.17) is 14.2 Å². The topological polar surface area (TPSA) is 44.8 Å². The van der Waals surface area contributed by atoms with Crippen LogP contribution in [0, 0.1) is 0 Å². The first-order chi connectivity index (χ1) is 11.6. The Hall–Kier alpha value is -2.49. The minimum absolute atomic E-state index is 0.317. The van der Waals surface area contributed by atoms with Crippen LogP contribution in [0.25, 0.3) is 0 Å². The van der Waals surface area contributed by atoms with Crippen molar-refractivity contribution in [2.45, 2.75) is 33.1 Å². The molecule has 0 atom stereocenters. The van der Waals surface area contributed by atoms with E-state index in [1.807, 2.05) is 31.2 Å². The van der Waals surface area contributed by atoms with Gasteiger partial charge in [-0.15, -0.1) is 0 Å². The van der Waals surface area contributed by atoms with Crippen LogP contribution in [0.1, 0.15) is 49.0 Å². The van der Waals surface area contributed by atoms with Crippen LogP contribution in [-0.2, 0) is 0 Å². The zero-order chi connectivity index (χ0) is 17.5. The van der Waals surface area contributed by atoms with Crippen molar-refractivity contribution in [1.29, 1.82) is 0 Å². The van der Waals surface area contributed by atoms with E-state index in [0.29, 0.717) is 35.3 Å². The van der Waals surface area contributed by atoms with Gasteiger partial charge in [0.05, 0.1) is 13.7 Å². The summed E-state index contributed by atoms with van der Waals surface area (Å²) < 4.78 is 17.3. The normalized spacial score (nSPS) is 10.5.